The third-order valence-corrected chi connectivity index (χ3v) is 6.08. The average molecular weight is 364 g/mol. The molecule has 2 aromatic carbocycles. The van der Waals surface area contributed by atoms with Gasteiger partial charge < -0.3 is 4.74 Å². The molecule has 0 N–H and O–H groups in total. The maximum Gasteiger partial charge on any atom is 0.264 e. The second kappa shape index (κ2) is 6.49. The van der Waals surface area contributed by atoms with Gasteiger partial charge in [0.2, 0.25) is 0 Å². The maximum atomic E-state index is 13.0. The number of halogens is 1. The van der Waals surface area contributed by atoms with Crippen molar-refractivity contribution in [1.82, 2.24) is 4.31 Å². The molecule has 0 spiro atoms. The van der Waals surface area contributed by atoms with Crippen molar-refractivity contribution >= 4 is 21.6 Å². The van der Waals surface area contributed by atoms with E-state index in [2.05, 4.69) is 0 Å². The van der Waals surface area contributed by atoms with Gasteiger partial charge >= 0.3 is 0 Å². The summed E-state index contributed by atoms with van der Waals surface area (Å²) in [6.07, 6.45) is 1.09. The Morgan fingerprint density at radius 2 is 1.83 bits per heavy atom. The first kappa shape index (κ1) is 16.9. The summed E-state index contributed by atoms with van der Waals surface area (Å²) in [6, 6.07) is 14.1. The van der Waals surface area contributed by atoms with E-state index in [1.807, 2.05) is 19.1 Å². The molecule has 0 radical (unpaired) electrons. The molecule has 0 amide bonds. The van der Waals surface area contributed by atoms with E-state index in [1.165, 1.54) is 10.6 Å². The zero-order valence-electron chi connectivity index (χ0n) is 13.4. The Morgan fingerprint density at radius 3 is 2.50 bits per heavy atom. The van der Waals surface area contributed by atoms with Gasteiger partial charge in [-0.05, 0) is 43.7 Å². The van der Waals surface area contributed by atoms with Gasteiger partial charge in [0, 0.05) is 5.02 Å². The van der Waals surface area contributed by atoms with Crippen molar-refractivity contribution in [3.63, 3.8) is 0 Å². The molecule has 1 aliphatic heterocycles. The summed E-state index contributed by atoms with van der Waals surface area (Å²) in [5.74, 6) is 0. The van der Waals surface area contributed by atoms with E-state index in [0.29, 0.717) is 10.7 Å². The third kappa shape index (κ3) is 3.28. The molecule has 24 heavy (non-hydrogen) atoms. The van der Waals surface area contributed by atoms with Crippen LogP contribution in [0.25, 0.3) is 0 Å². The highest BCUT2D eigenvalue weighted by Crippen LogP contribution is 2.31. The van der Waals surface area contributed by atoms with E-state index in [-0.39, 0.29) is 11.4 Å². The molecule has 0 aromatic heterocycles. The SMILES string of the molecule is CC1=COC(c2cccc(Cl)c2)CN1S(=O)(=O)c1ccc(C)cc1. The standard InChI is InChI=1S/C18H18ClNO3S/c1-13-6-8-17(9-7-13)24(21,22)20-11-18(23-12-14(20)2)15-4-3-5-16(19)10-15/h3-10,12,18H,11H2,1-2H3. The Labute approximate surface area is 147 Å². The zero-order chi connectivity index (χ0) is 17.3. The van der Waals surface area contributed by atoms with Gasteiger partial charge in [-0.3, -0.25) is 4.31 Å². The second-order valence-corrected chi connectivity index (χ2v) is 8.09. The molecule has 3 rings (SSSR count). The molecule has 0 saturated carbocycles. The minimum atomic E-state index is -3.63. The number of rotatable bonds is 3. The lowest BCUT2D eigenvalue weighted by Gasteiger charge is -2.33. The zero-order valence-corrected chi connectivity index (χ0v) is 15.0. The number of allylic oxidation sites excluding steroid dienone is 1. The predicted molar refractivity (Wildman–Crippen MR) is 94.1 cm³/mol. The molecule has 1 heterocycles. The number of sulfonamides is 1. The van der Waals surface area contributed by atoms with Crippen LogP contribution in [0.5, 0.6) is 0 Å². The largest absolute Gasteiger partial charge is 0.490 e. The van der Waals surface area contributed by atoms with Crippen LogP contribution in [0.2, 0.25) is 5.02 Å². The second-order valence-electron chi connectivity index (χ2n) is 5.79. The van der Waals surface area contributed by atoms with Crippen molar-refractivity contribution in [2.45, 2.75) is 24.8 Å². The number of hydrogen-bond acceptors (Lipinski definition) is 3. The van der Waals surface area contributed by atoms with Crippen LogP contribution in [0.4, 0.5) is 0 Å². The van der Waals surface area contributed by atoms with E-state index in [4.69, 9.17) is 16.3 Å². The van der Waals surface area contributed by atoms with Gasteiger partial charge in [0.1, 0.15) is 12.4 Å². The van der Waals surface area contributed by atoms with Gasteiger partial charge in [0.05, 0.1) is 17.1 Å². The number of nitrogens with zero attached hydrogens (tertiary/aromatic N) is 1. The Bertz CT molecular complexity index is 875. The molecular weight excluding hydrogens is 346 g/mol. The van der Waals surface area contributed by atoms with Crippen molar-refractivity contribution in [1.29, 1.82) is 0 Å². The van der Waals surface area contributed by atoms with Crippen LogP contribution in [-0.4, -0.2) is 19.3 Å². The van der Waals surface area contributed by atoms with Crippen LogP contribution >= 0.6 is 11.6 Å². The van der Waals surface area contributed by atoms with Gasteiger partial charge in [-0.2, -0.15) is 0 Å². The summed E-state index contributed by atoms with van der Waals surface area (Å²) < 4.78 is 33.0. The van der Waals surface area contributed by atoms with Crippen LogP contribution in [0.1, 0.15) is 24.2 Å². The van der Waals surface area contributed by atoms with Crippen LogP contribution in [0.15, 0.2) is 65.4 Å². The molecule has 0 saturated heterocycles. The molecule has 126 valence electrons. The van der Waals surface area contributed by atoms with Crippen LogP contribution in [0, 0.1) is 6.92 Å². The molecule has 4 nitrogen and oxygen atoms in total. The van der Waals surface area contributed by atoms with E-state index >= 15 is 0 Å². The molecule has 0 fully saturated rings. The molecule has 1 unspecified atom stereocenters. The summed E-state index contributed by atoms with van der Waals surface area (Å²) in [5, 5.41) is 0.593. The van der Waals surface area contributed by atoms with Crippen molar-refractivity contribution < 1.29 is 13.2 Å². The van der Waals surface area contributed by atoms with Crippen LogP contribution in [-0.2, 0) is 14.8 Å². The lowest BCUT2D eigenvalue weighted by atomic mass is 10.1. The Morgan fingerprint density at radius 1 is 1.12 bits per heavy atom. The van der Waals surface area contributed by atoms with Crippen molar-refractivity contribution in [2.24, 2.45) is 0 Å². The summed E-state index contributed by atoms with van der Waals surface area (Å²) in [6.45, 7) is 3.85. The van der Waals surface area contributed by atoms with Gasteiger partial charge in [-0.25, -0.2) is 8.42 Å². The minimum absolute atomic E-state index is 0.207. The summed E-state index contributed by atoms with van der Waals surface area (Å²) >= 11 is 6.03. The topological polar surface area (TPSA) is 46.6 Å². The minimum Gasteiger partial charge on any atom is -0.490 e. The third-order valence-electron chi connectivity index (χ3n) is 3.96. The molecular formula is C18H18ClNO3S. The van der Waals surface area contributed by atoms with E-state index < -0.39 is 16.1 Å². The van der Waals surface area contributed by atoms with Gasteiger partial charge in [0.15, 0.2) is 0 Å². The molecule has 1 atom stereocenters. The van der Waals surface area contributed by atoms with Crippen LogP contribution < -0.4 is 0 Å². The highest BCUT2D eigenvalue weighted by molar-refractivity contribution is 7.89. The summed E-state index contributed by atoms with van der Waals surface area (Å²) in [7, 11) is -3.63. The Hall–Kier alpha value is -1.98. The predicted octanol–water partition coefficient (Wildman–Crippen LogP) is 4.27. The van der Waals surface area contributed by atoms with Crippen molar-refractivity contribution in [3.8, 4) is 0 Å². The number of hydrogen-bond donors (Lipinski definition) is 0. The van der Waals surface area contributed by atoms with Gasteiger partial charge in [0.25, 0.3) is 10.0 Å². The molecule has 2 aromatic rings. The fourth-order valence-electron chi connectivity index (χ4n) is 2.59. The summed E-state index contributed by atoms with van der Waals surface area (Å²) in [5.41, 5.74) is 2.41. The smallest absolute Gasteiger partial charge is 0.264 e. The fourth-order valence-corrected chi connectivity index (χ4v) is 4.28. The molecule has 0 aliphatic carbocycles. The van der Waals surface area contributed by atoms with E-state index in [0.717, 1.165) is 11.1 Å². The maximum absolute atomic E-state index is 13.0. The quantitative estimate of drug-likeness (QED) is 0.818. The van der Waals surface area contributed by atoms with Crippen molar-refractivity contribution in [3.05, 3.63) is 76.6 Å². The normalized spacial score (nSPS) is 18.0. The molecule has 1 aliphatic rings. The first-order valence-electron chi connectivity index (χ1n) is 7.55. The van der Waals surface area contributed by atoms with Gasteiger partial charge in [-0.1, -0.05) is 41.4 Å². The highest BCUT2D eigenvalue weighted by atomic mass is 35.5. The molecule has 6 heteroatoms. The first-order valence-corrected chi connectivity index (χ1v) is 9.37. The number of aryl methyl sites for hydroxylation is 1. The Kier molecular flexibility index (Phi) is 4.56. The first-order chi connectivity index (χ1) is 11.4. The lowest BCUT2D eigenvalue weighted by Crippen LogP contribution is -2.36. The molecule has 0 bridgehead atoms. The summed E-state index contributed by atoms with van der Waals surface area (Å²) in [4.78, 5) is 0.271. The monoisotopic (exact) mass is 363 g/mol. The lowest BCUT2D eigenvalue weighted by molar-refractivity contribution is 0.101. The van der Waals surface area contributed by atoms with Gasteiger partial charge in [-0.15, -0.1) is 0 Å². The fraction of sp³-hybridized carbons (Fsp3) is 0.222. The Balaban J connectivity index is 1.93. The van der Waals surface area contributed by atoms with E-state index in [1.54, 1.807) is 43.3 Å². The highest BCUT2D eigenvalue weighted by Gasteiger charge is 2.31. The number of ether oxygens (including phenoxy) is 1. The number of benzene rings is 2. The average Bonchev–Trinajstić information content (AvgIpc) is 2.55. The van der Waals surface area contributed by atoms with Crippen LogP contribution in [0.3, 0.4) is 0 Å². The van der Waals surface area contributed by atoms with Crippen molar-refractivity contribution in [2.75, 3.05) is 6.54 Å². The van der Waals surface area contributed by atoms with E-state index in [9.17, 15) is 8.42 Å².